The molecule has 2 amide bonds. The number of carbonyl (C=O) groups excluding carboxylic acids is 2. The fraction of sp³-hybridized carbons (Fsp3) is 0.364. The Labute approximate surface area is 165 Å². The van der Waals surface area contributed by atoms with E-state index in [1.54, 1.807) is 13.2 Å². The van der Waals surface area contributed by atoms with Gasteiger partial charge in [0.1, 0.15) is 5.75 Å². The summed E-state index contributed by atoms with van der Waals surface area (Å²) in [4.78, 5) is 24.7. The molecule has 0 spiro atoms. The number of rotatable bonds is 5. The maximum atomic E-state index is 12.4. The zero-order chi connectivity index (χ0) is 20.0. The number of ether oxygens (including phenoxy) is 2. The van der Waals surface area contributed by atoms with Gasteiger partial charge in [0.15, 0.2) is 0 Å². The molecule has 0 unspecified atom stereocenters. The van der Waals surface area contributed by atoms with Crippen molar-refractivity contribution in [2.45, 2.75) is 25.2 Å². The summed E-state index contributed by atoms with van der Waals surface area (Å²) in [5, 5.41) is 5.46. The summed E-state index contributed by atoms with van der Waals surface area (Å²) in [5.41, 5.74) is 2.31. The van der Waals surface area contributed by atoms with Crippen LogP contribution in [0.15, 0.2) is 48.5 Å². The third kappa shape index (κ3) is 4.51. The van der Waals surface area contributed by atoms with Crippen molar-refractivity contribution in [1.82, 2.24) is 5.32 Å². The largest absolute Gasteiger partial charge is 0.496 e. The smallest absolute Gasteiger partial charge is 0.313 e. The van der Waals surface area contributed by atoms with E-state index in [2.05, 4.69) is 10.6 Å². The number of nitrogens with one attached hydrogen (secondary N) is 2. The molecule has 1 heterocycles. The summed E-state index contributed by atoms with van der Waals surface area (Å²) < 4.78 is 11.1. The van der Waals surface area contributed by atoms with Crippen molar-refractivity contribution in [3.05, 3.63) is 59.7 Å². The maximum absolute atomic E-state index is 12.4. The molecule has 1 saturated heterocycles. The number of carbonyl (C=O) groups is 2. The van der Waals surface area contributed by atoms with Crippen LogP contribution in [0.3, 0.4) is 0 Å². The molecule has 0 saturated carbocycles. The molecule has 0 atom stereocenters. The summed E-state index contributed by atoms with van der Waals surface area (Å²) in [6.45, 7) is 3.47. The Bertz CT molecular complexity index is 844. The molecule has 28 heavy (non-hydrogen) atoms. The molecule has 1 aliphatic heterocycles. The van der Waals surface area contributed by atoms with Crippen LogP contribution in [0, 0.1) is 6.92 Å². The molecule has 1 fully saturated rings. The van der Waals surface area contributed by atoms with Gasteiger partial charge in [-0.15, -0.1) is 0 Å². The van der Waals surface area contributed by atoms with Gasteiger partial charge in [-0.2, -0.15) is 0 Å². The standard InChI is InChI=1S/C22H26N2O4/c1-16-6-5-7-17(14-16)24-21(26)20(25)23-15-22(10-12-28-13-11-22)18-8-3-4-9-19(18)27-2/h3-9,14H,10-13,15H2,1-2H3,(H,23,25)(H,24,26). The Balaban J connectivity index is 1.71. The minimum Gasteiger partial charge on any atom is -0.496 e. The van der Waals surface area contributed by atoms with Crippen molar-refractivity contribution in [3.63, 3.8) is 0 Å². The first-order valence-corrected chi connectivity index (χ1v) is 9.41. The Morgan fingerprint density at radius 2 is 1.82 bits per heavy atom. The number of para-hydroxylation sites is 1. The Kier molecular flexibility index (Phi) is 6.31. The third-order valence-corrected chi connectivity index (χ3v) is 5.20. The molecule has 0 aromatic heterocycles. The van der Waals surface area contributed by atoms with Gasteiger partial charge in [-0.25, -0.2) is 0 Å². The molecule has 0 radical (unpaired) electrons. The number of hydrogen-bond donors (Lipinski definition) is 2. The van der Waals surface area contributed by atoms with Crippen LogP contribution >= 0.6 is 0 Å². The van der Waals surface area contributed by atoms with E-state index in [0.717, 1.165) is 29.7 Å². The summed E-state index contributed by atoms with van der Waals surface area (Å²) in [7, 11) is 1.64. The highest BCUT2D eigenvalue weighted by atomic mass is 16.5. The van der Waals surface area contributed by atoms with Crippen LogP contribution in [0.1, 0.15) is 24.0 Å². The van der Waals surface area contributed by atoms with Crippen LogP contribution in [0.25, 0.3) is 0 Å². The number of benzene rings is 2. The Morgan fingerprint density at radius 3 is 2.54 bits per heavy atom. The van der Waals surface area contributed by atoms with E-state index in [4.69, 9.17) is 9.47 Å². The van der Waals surface area contributed by atoms with Gasteiger partial charge in [-0.3, -0.25) is 9.59 Å². The average molecular weight is 382 g/mol. The van der Waals surface area contributed by atoms with Gasteiger partial charge in [0.05, 0.1) is 7.11 Å². The van der Waals surface area contributed by atoms with E-state index in [0.29, 0.717) is 25.4 Å². The van der Waals surface area contributed by atoms with Crippen molar-refractivity contribution < 1.29 is 19.1 Å². The van der Waals surface area contributed by atoms with Crippen molar-refractivity contribution in [1.29, 1.82) is 0 Å². The second-order valence-corrected chi connectivity index (χ2v) is 7.10. The van der Waals surface area contributed by atoms with Crippen LogP contribution in [0.5, 0.6) is 5.75 Å². The number of amides is 2. The molecule has 2 aromatic carbocycles. The monoisotopic (exact) mass is 382 g/mol. The lowest BCUT2D eigenvalue weighted by Gasteiger charge is -2.38. The van der Waals surface area contributed by atoms with Gasteiger partial charge in [0.2, 0.25) is 0 Å². The predicted molar refractivity (Wildman–Crippen MR) is 108 cm³/mol. The van der Waals surface area contributed by atoms with E-state index in [-0.39, 0.29) is 5.41 Å². The average Bonchev–Trinajstić information content (AvgIpc) is 2.72. The van der Waals surface area contributed by atoms with Crippen molar-refractivity contribution in [2.75, 3.05) is 32.2 Å². The molecule has 1 aliphatic rings. The second kappa shape index (κ2) is 8.89. The molecule has 0 aliphatic carbocycles. The number of methoxy groups -OCH3 is 1. The third-order valence-electron chi connectivity index (χ3n) is 5.20. The van der Waals surface area contributed by atoms with E-state index in [1.165, 1.54) is 0 Å². The van der Waals surface area contributed by atoms with E-state index < -0.39 is 11.8 Å². The van der Waals surface area contributed by atoms with Crippen molar-refractivity contribution in [3.8, 4) is 5.75 Å². The quantitative estimate of drug-likeness (QED) is 0.780. The normalized spacial score (nSPS) is 15.5. The number of hydrogen-bond acceptors (Lipinski definition) is 4. The maximum Gasteiger partial charge on any atom is 0.313 e. The lowest BCUT2D eigenvalue weighted by atomic mass is 9.73. The van der Waals surface area contributed by atoms with Crippen LogP contribution in [-0.2, 0) is 19.7 Å². The molecule has 6 nitrogen and oxygen atoms in total. The molecular weight excluding hydrogens is 356 g/mol. The summed E-state index contributed by atoms with van der Waals surface area (Å²) >= 11 is 0. The van der Waals surface area contributed by atoms with E-state index in [1.807, 2.05) is 49.4 Å². The van der Waals surface area contributed by atoms with Crippen LogP contribution in [-0.4, -0.2) is 38.7 Å². The minimum atomic E-state index is -0.673. The first-order chi connectivity index (χ1) is 13.5. The minimum absolute atomic E-state index is 0.329. The highest BCUT2D eigenvalue weighted by Crippen LogP contribution is 2.39. The molecule has 2 N–H and O–H groups in total. The molecule has 0 bridgehead atoms. The number of aryl methyl sites for hydroxylation is 1. The highest BCUT2D eigenvalue weighted by Gasteiger charge is 2.37. The van der Waals surface area contributed by atoms with Gasteiger partial charge in [-0.1, -0.05) is 30.3 Å². The van der Waals surface area contributed by atoms with Crippen molar-refractivity contribution in [2.24, 2.45) is 0 Å². The van der Waals surface area contributed by atoms with Gasteiger partial charge in [-0.05, 0) is 43.5 Å². The SMILES string of the molecule is COc1ccccc1C1(CNC(=O)C(=O)Nc2cccc(C)c2)CCOCC1. The molecule has 6 heteroatoms. The topological polar surface area (TPSA) is 76.7 Å². The van der Waals surface area contributed by atoms with E-state index in [9.17, 15) is 9.59 Å². The molecule has 3 rings (SSSR count). The molecule has 148 valence electrons. The second-order valence-electron chi connectivity index (χ2n) is 7.10. The molecule has 2 aromatic rings. The summed E-state index contributed by atoms with van der Waals surface area (Å²) in [5.74, 6) is -0.544. The first-order valence-electron chi connectivity index (χ1n) is 9.41. The predicted octanol–water partition coefficient (Wildman–Crippen LogP) is 2.81. The lowest BCUT2D eigenvalue weighted by molar-refractivity contribution is -0.136. The fourth-order valence-corrected chi connectivity index (χ4v) is 3.63. The summed E-state index contributed by atoms with van der Waals surface area (Å²) in [6, 6.07) is 15.2. The fourth-order valence-electron chi connectivity index (χ4n) is 3.63. The van der Waals surface area contributed by atoms with Gasteiger partial charge in [0.25, 0.3) is 0 Å². The summed E-state index contributed by atoms with van der Waals surface area (Å²) in [6.07, 6.45) is 1.49. The van der Waals surface area contributed by atoms with Crippen LogP contribution < -0.4 is 15.4 Å². The van der Waals surface area contributed by atoms with Crippen LogP contribution in [0.4, 0.5) is 5.69 Å². The lowest BCUT2D eigenvalue weighted by Crippen LogP contribution is -2.47. The van der Waals surface area contributed by atoms with Crippen LogP contribution in [0.2, 0.25) is 0 Å². The first kappa shape index (κ1) is 19.9. The zero-order valence-electron chi connectivity index (χ0n) is 16.3. The Hall–Kier alpha value is -2.86. The van der Waals surface area contributed by atoms with Gasteiger partial charge in [0, 0.05) is 36.4 Å². The zero-order valence-corrected chi connectivity index (χ0v) is 16.3. The van der Waals surface area contributed by atoms with Gasteiger partial charge < -0.3 is 20.1 Å². The number of anilines is 1. The Morgan fingerprint density at radius 1 is 1.07 bits per heavy atom. The molecular formula is C22H26N2O4. The van der Waals surface area contributed by atoms with E-state index >= 15 is 0 Å². The highest BCUT2D eigenvalue weighted by molar-refractivity contribution is 6.39. The van der Waals surface area contributed by atoms with Gasteiger partial charge >= 0.3 is 11.8 Å². The van der Waals surface area contributed by atoms with Crippen molar-refractivity contribution >= 4 is 17.5 Å².